The molecule has 0 aromatic heterocycles. The normalized spacial score (nSPS) is 10.2. The highest BCUT2D eigenvalue weighted by atomic mass is 16.5. The summed E-state index contributed by atoms with van der Waals surface area (Å²) in [6.45, 7) is 4.37. The molecule has 0 atom stereocenters. The van der Waals surface area contributed by atoms with Crippen molar-refractivity contribution < 1.29 is 9.53 Å². The Kier molecular flexibility index (Phi) is 6.05. The van der Waals surface area contributed by atoms with E-state index in [4.69, 9.17) is 4.74 Å². The minimum Gasteiger partial charge on any atom is -0.484 e. The minimum atomic E-state index is -0.131. The zero-order valence-electron chi connectivity index (χ0n) is 11.3. The standard InChI is InChI=1S/C14H22N2O2/c1-4-11(5-2)16-12-7-6-8-13(9-12)18-10-14(17)15-3/h6-9,11,16H,4-5,10H2,1-3H3,(H,15,17). The number of nitrogens with one attached hydrogen (secondary N) is 2. The summed E-state index contributed by atoms with van der Waals surface area (Å²) in [5.74, 6) is 0.572. The molecule has 0 aliphatic carbocycles. The Labute approximate surface area is 109 Å². The largest absolute Gasteiger partial charge is 0.484 e. The molecule has 0 radical (unpaired) electrons. The summed E-state index contributed by atoms with van der Waals surface area (Å²) < 4.78 is 5.40. The highest BCUT2D eigenvalue weighted by Crippen LogP contribution is 2.19. The predicted molar refractivity (Wildman–Crippen MR) is 74.0 cm³/mol. The van der Waals surface area contributed by atoms with Crippen LogP contribution in [0.25, 0.3) is 0 Å². The molecule has 0 bridgehead atoms. The first-order valence-electron chi connectivity index (χ1n) is 6.39. The fraction of sp³-hybridized carbons (Fsp3) is 0.500. The van der Waals surface area contributed by atoms with Crippen molar-refractivity contribution in [2.45, 2.75) is 32.7 Å². The van der Waals surface area contributed by atoms with E-state index in [-0.39, 0.29) is 12.5 Å². The van der Waals surface area contributed by atoms with Crippen LogP contribution in [0.2, 0.25) is 0 Å². The molecule has 4 heteroatoms. The molecule has 0 aliphatic rings. The van der Waals surface area contributed by atoms with Crippen molar-refractivity contribution in [3.63, 3.8) is 0 Å². The van der Waals surface area contributed by atoms with Crippen molar-refractivity contribution >= 4 is 11.6 Å². The summed E-state index contributed by atoms with van der Waals surface area (Å²) in [6.07, 6.45) is 2.17. The first-order chi connectivity index (χ1) is 8.69. The van der Waals surface area contributed by atoms with Gasteiger partial charge in [0, 0.05) is 24.8 Å². The predicted octanol–water partition coefficient (Wildman–Crippen LogP) is 2.41. The van der Waals surface area contributed by atoms with E-state index in [0.717, 1.165) is 18.5 Å². The second-order valence-corrected chi connectivity index (χ2v) is 4.15. The summed E-state index contributed by atoms with van der Waals surface area (Å²) >= 11 is 0. The second kappa shape index (κ2) is 7.58. The molecule has 0 saturated heterocycles. The summed E-state index contributed by atoms with van der Waals surface area (Å²) in [4.78, 5) is 11.1. The maximum atomic E-state index is 11.1. The fourth-order valence-corrected chi connectivity index (χ4v) is 1.63. The lowest BCUT2D eigenvalue weighted by Gasteiger charge is -2.16. The molecule has 1 aromatic rings. The third-order valence-corrected chi connectivity index (χ3v) is 2.84. The number of carbonyl (C=O) groups excluding carboxylic acids is 1. The molecule has 100 valence electrons. The highest BCUT2D eigenvalue weighted by molar-refractivity contribution is 5.77. The number of benzene rings is 1. The molecular formula is C14H22N2O2. The minimum absolute atomic E-state index is 0.0466. The van der Waals surface area contributed by atoms with Gasteiger partial charge in [0.1, 0.15) is 5.75 Å². The van der Waals surface area contributed by atoms with E-state index >= 15 is 0 Å². The van der Waals surface area contributed by atoms with Gasteiger partial charge in [-0.2, -0.15) is 0 Å². The number of carbonyl (C=O) groups is 1. The lowest BCUT2D eigenvalue weighted by Crippen LogP contribution is -2.24. The van der Waals surface area contributed by atoms with Crippen LogP contribution in [-0.4, -0.2) is 25.6 Å². The lowest BCUT2D eigenvalue weighted by atomic mass is 10.1. The molecule has 1 aromatic carbocycles. The van der Waals surface area contributed by atoms with E-state index in [0.29, 0.717) is 11.8 Å². The van der Waals surface area contributed by atoms with Crippen molar-refractivity contribution in [2.75, 3.05) is 19.0 Å². The van der Waals surface area contributed by atoms with Crippen molar-refractivity contribution in [3.05, 3.63) is 24.3 Å². The third kappa shape index (κ3) is 4.65. The fourth-order valence-electron chi connectivity index (χ4n) is 1.63. The van der Waals surface area contributed by atoms with Gasteiger partial charge < -0.3 is 15.4 Å². The molecule has 4 nitrogen and oxygen atoms in total. The van der Waals surface area contributed by atoms with Crippen molar-refractivity contribution in [1.29, 1.82) is 0 Å². The van der Waals surface area contributed by atoms with Crippen LogP contribution in [0.5, 0.6) is 5.75 Å². The number of hydrogen-bond acceptors (Lipinski definition) is 3. The molecule has 0 unspecified atom stereocenters. The third-order valence-electron chi connectivity index (χ3n) is 2.84. The van der Waals surface area contributed by atoms with Crippen LogP contribution in [0.1, 0.15) is 26.7 Å². The van der Waals surface area contributed by atoms with Gasteiger partial charge in [-0.1, -0.05) is 19.9 Å². The van der Waals surface area contributed by atoms with Crippen molar-refractivity contribution in [2.24, 2.45) is 0 Å². The van der Waals surface area contributed by atoms with Gasteiger partial charge in [-0.05, 0) is 25.0 Å². The van der Waals surface area contributed by atoms with Crippen LogP contribution in [0, 0.1) is 0 Å². The van der Waals surface area contributed by atoms with Gasteiger partial charge in [-0.15, -0.1) is 0 Å². The summed E-state index contributed by atoms with van der Waals surface area (Å²) in [5, 5.41) is 5.96. The van der Waals surface area contributed by atoms with Crippen LogP contribution in [-0.2, 0) is 4.79 Å². The van der Waals surface area contributed by atoms with Crippen LogP contribution in [0.3, 0.4) is 0 Å². The van der Waals surface area contributed by atoms with E-state index in [1.807, 2.05) is 24.3 Å². The molecule has 1 amide bonds. The van der Waals surface area contributed by atoms with Crippen molar-refractivity contribution in [1.82, 2.24) is 5.32 Å². The van der Waals surface area contributed by atoms with Gasteiger partial charge in [0.15, 0.2) is 6.61 Å². The molecule has 0 heterocycles. The second-order valence-electron chi connectivity index (χ2n) is 4.15. The van der Waals surface area contributed by atoms with E-state index in [2.05, 4.69) is 24.5 Å². The number of anilines is 1. The maximum Gasteiger partial charge on any atom is 0.257 e. The highest BCUT2D eigenvalue weighted by Gasteiger charge is 2.04. The van der Waals surface area contributed by atoms with E-state index in [1.54, 1.807) is 7.05 Å². The number of ether oxygens (including phenoxy) is 1. The maximum absolute atomic E-state index is 11.1. The monoisotopic (exact) mass is 250 g/mol. The molecular weight excluding hydrogens is 228 g/mol. The molecule has 18 heavy (non-hydrogen) atoms. The summed E-state index contributed by atoms with van der Waals surface area (Å²) in [5.41, 5.74) is 1.03. The quantitative estimate of drug-likeness (QED) is 0.781. The Morgan fingerprint density at radius 3 is 2.67 bits per heavy atom. The molecule has 2 N–H and O–H groups in total. The average Bonchev–Trinajstić information content (AvgIpc) is 2.42. The van der Waals surface area contributed by atoms with Crippen LogP contribution in [0.15, 0.2) is 24.3 Å². The summed E-state index contributed by atoms with van der Waals surface area (Å²) in [6, 6.07) is 8.16. The Bertz CT molecular complexity index is 376. The number of hydrogen-bond donors (Lipinski definition) is 2. The molecule has 0 fully saturated rings. The topological polar surface area (TPSA) is 50.4 Å². The molecule has 1 rings (SSSR count). The molecule has 0 aliphatic heterocycles. The number of rotatable bonds is 7. The summed E-state index contributed by atoms with van der Waals surface area (Å²) in [7, 11) is 1.59. The van der Waals surface area contributed by atoms with Crippen molar-refractivity contribution in [3.8, 4) is 5.75 Å². The number of amides is 1. The van der Waals surface area contributed by atoms with Gasteiger partial charge in [-0.3, -0.25) is 4.79 Å². The van der Waals surface area contributed by atoms with Crippen LogP contribution >= 0.6 is 0 Å². The zero-order valence-corrected chi connectivity index (χ0v) is 11.3. The first kappa shape index (κ1) is 14.4. The van der Waals surface area contributed by atoms with E-state index in [1.165, 1.54) is 0 Å². The van der Waals surface area contributed by atoms with Gasteiger partial charge in [0.25, 0.3) is 5.91 Å². The smallest absolute Gasteiger partial charge is 0.257 e. The van der Waals surface area contributed by atoms with Gasteiger partial charge in [0.05, 0.1) is 0 Å². The van der Waals surface area contributed by atoms with Crippen LogP contribution in [0.4, 0.5) is 5.69 Å². The SMILES string of the molecule is CCC(CC)Nc1cccc(OCC(=O)NC)c1. The van der Waals surface area contributed by atoms with Gasteiger partial charge >= 0.3 is 0 Å². The van der Waals surface area contributed by atoms with Crippen LogP contribution < -0.4 is 15.4 Å². The molecule has 0 spiro atoms. The van der Waals surface area contributed by atoms with Gasteiger partial charge in [-0.25, -0.2) is 0 Å². The number of likely N-dealkylation sites (N-methyl/N-ethyl adjacent to an activating group) is 1. The molecule has 0 saturated carbocycles. The Morgan fingerprint density at radius 2 is 2.06 bits per heavy atom. The first-order valence-corrected chi connectivity index (χ1v) is 6.39. The van der Waals surface area contributed by atoms with Gasteiger partial charge in [0.2, 0.25) is 0 Å². The Morgan fingerprint density at radius 1 is 1.33 bits per heavy atom. The van der Waals surface area contributed by atoms with E-state index < -0.39 is 0 Å². The average molecular weight is 250 g/mol. The zero-order chi connectivity index (χ0) is 13.4. The Balaban J connectivity index is 2.58. The van der Waals surface area contributed by atoms with E-state index in [9.17, 15) is 4.79 Å². The lowest BCUT2D eigenvalue weighted by molar-refractivity contribution is -0.122. The Hall–Kier alpha value is -1.71.